The standard InChI is InChI=1S/C15H27N3O3/c1-11(2)7-8-12(3)16-13(19)6-5-9-18-14(20)10-17(4)15(18)21/h11-12H,5-10H2,1-4H3,(H,16,19). The third-order valence-electron chi connectivity index (χ3n) is 3.60. The molecule has 21 heavy (non-hydrogen) atoms. The number of amides is 4. The van der Waals surface area contributed by atoms with E-state index in [-0.39, 0.29) is 30.4 Å². The van der Waals surface area contributed by atoms with Crippen LogP contribution in [0.2, 0.25) is 0 Å². The van der Waals surface area contributed by atoms with Crippen molar-refractivity contribution in [3.8, 4) is 0 Å². The molecular weight excluding hydrogens is 270 g/mol. The molecule has 1 aliphatic heterocycles. The summed E-state index contributed by atoms with van der Waals surface area (Å²) in [6, 6.07) is -0.105. The number of carbonyl (C=O) groups is 3. The molecule has 0 saturated carbocycles. The number of likely N-dealkylation sites (N-methyl/N-ethyl adjacent to an activating group) is 1. The summed E-state index contributed by atoms with van der Waals surface area (Å²) < 4.78 is 0. The number of imide groups is 1. The van der Waals surface area contributed by atoms with Gasteiger partial charge in [0, 0.05) is 26.1 Å². The van der Waals surface area contributed by atoms with Gasteiger partial charge in [0.2, 0.25) is 11.8 Å². The first-order valence-corrected chi connectivity index (χ1v) is 7.66. The van der Waals surface area contributed by atoms with Crippen LogP contribution in [0, 0.1) is 5.92 Å². The Kier molecular flexibility index (Phi) is 6.65. The lowest BCUT2D eigenvalue weighted by molar-refractivity contribution is -0.126. The van der Waals surface area contributed by atoms with Crippen LogP contribution in [0.15, 0.2) is 0 Å². The van der Waals surface area contributed by atoms with Crippen LogP contribution in [-0.2, 0) is 9.59 Å². The van der Waals surface area contributed by atoms with Crippen LogP contribution in [0.3, 0.4) is 0 Å². The number of carbonyl (C=O) groups excluding carboxylic acids is 3. The van der Waals surface area contributed by atoms with Crippen molar-refractivity contribution in [1.29, 1.82) is 0 Å². The Labute approximate surface area is 126 Å². The first-order chi connectivity index (χ1) is 9.81. The summed E-state index contributed by atoms with van der Waals surface area (Å²) >= 11 is 0. The number of hydrogen-bond acceptors (Lipinski definition) is 3. The van der Waals surface area contributed by atoms with E-state index in [9.17, 15) is 14.4 Å². The van der Waals surface area contributed by atoms with Gasteiger partial charge in [-0.25, -0.2) is 4.79 Å². The van der Waals surface area contributed by atoms with Gasteiger partial charge in [-0.1, -0.05) is 13.8 Å². The Morgan fingerprint density at radius 3 is 2.43 bits per heavy atom. The number of nitrogens with zero attached hydrogens (tertiary/aromatic N) is 2. The Morgan fingerprint density at radius 1 is 1.24 bits per heavy atom. The first-order valence-electron chi connectivity index (χ1n) is 7.66. The van der Waals surface area contributed by atoms with E-state index in [2.05, 4.69) is 19.2 Å². The van der Waals surface area contributed by atoms with Crippen LogP contribution in [0.1, 0.15) is 46.5 Å². The monoisotopic (exact) mass is 297 g/mol. The number of rotatable bonds is 8. The van der Waals surface area contributed by atoms with Gasteiger partial charge >= 0.3 is 6.03 Å². The van der Waals surface area contributed by atoms with Crippen LogP contribution >= 0.6 is 0 Å². The van der Waals surface area contributed by atoms with Gasteiger partial charge < -0.3 is 10.2 Å². The molecule has 1 N–H and O–H groups in total. The topological polar surface area (TPSA) is 69.7 Å². The van der Waals surface area contributed by atoms with E-state index in [1.807, 2.05) is 6.92 Å². The summed E-state index contributed by atoms with van der Waals surface area (Å²) in [4.78, 5) is 37.6. The third-order valence-corrected chi connectivity index (χ3v) is 3.60. The van der Waals surface area contributed by atoms with Crippen molar-refractivity contribution in [2.75, 3.05) is 20.1 Å². The lowest BCUT2D eigenvalue weighted by atomic mass is 10.0. The molecule has 0 aliphatic carbocycles. The number of hydrogen-bond donors (Lipinski definition) is 1. The lowest BCUT2D eigenvalue weighted by Gasteiger charge is -2.16. The van der Waals surface area contributed by atoms with E-state index in [0.717, 1.165) is 12.8 Å². The van der Waals surface area contributed by atoms with Gasteiger partial charge in [0.15, 0.2) is 0 Å². The first kappa shape index (κ1) is 17.5. The molecule has 0 spiro atoms. The van der Waals surface area contributed by atoms with Crippen LogP contribution in [0.5, 0.6) is 0 Å². The van der Waals surface area contributed by atoms with Crippen molar-refractivity contribution < 1.29 is 14.4 Å². The van der Waals surface area contributed by atoms with E-state index >= 15 is 0 Å². The molecule has 6 nitrogen and oxygen atoms in total. The van der Waals surface area contributed by atoms with Crippen LogP contribution in [-0.4, -0.2) is 53.8 Å². The molecule has 1 saturated heterocycles. The maximum absolute atomic E-state index is 11.8. The van der Waals surface area contributed by atoms with Gasteiger partial charge in [0.1, 0.15) is 6.54 Å². The number of nitrogens with one attached hydrogen (secondary N) is 1. The second kappa shape index (κ2) is 8.00. The molecule has 0 radical (unpaired) electrons. The highest BCUT2D eigenvalue weighted by atomic mass is 16.2. The summed E-state index contributed by atoms with van der Waals surface area (Å²) in [6.07, 6.45) is 2.91. The summed E-state index contributed by atoms with van der Waals surface area (Å²) in [7, 11) is 1.60. The molecule has 1 atom stereocenters. The zero-order valence-electron chi connectivity index (χ0n) is 13.5. The van der Waals surface area contributed by atoms with Crippen LogP contribution in [0.25, 0.3) is 0 Å². The summed E-state index contributed by atoms with van der Waals surface area (Å²) in [6.45, 7) is 6.78. The highest BCUT2D eigenvalue weighted by Crippen LogP contribution is 2.10. The van der Waals surface area contributed by atoms with E-state index in [0.29, 0.717) is 25.3 Å². The predicted molar refractivity (Wildman–Crippen MR) is 80.6 cm³/mol. The molecule has 0 aromatic heterocycles. The third kappa shape index (κ3) is 5.73. The summed E-state index contributed by atoms with van der Waals surface area (Å²) in [5, 5.41) is 2.95. The predicted octanol–water partition coefficient (Wildman–Crippen LogP) is 1.60. The van der Waals surface area contributed by atoms with E-state index in [4.69, 9.17) is 0 Å². The Balaban J connectivity index is 2.22. The van der Waals surface area contributed by atoms with E-state index in [1.165, 1.54) is 9.80 Å². The van der Waals surface area contributed by atoms with E-state index in [1.54, 1.807) is 7.05 Å². The molecular formula is C15H27N3O3. The SMILES string of the molecule is CC(C)CCC(C)NC(=O)CCCN1C(=O)CN(C)C1=O. The van der Waals surface area contributed by atoms with Crippen LogP contribution in [0.4, 0.5) is 4.79 Å². The van der Waals surface area contributed by atoms with Crippen molar-refractivity contribution in [2.24, 2.45) is 5.92 Å². The lowest BCUT2D eigenvalue weighted by Crippen LogP contribution is -2.35. The molecule has 1 heterocycles. The fourth-order valence-corrected chi connectivity index (χ4v) is 2.29. The van der Waals surface area contributed by atoms with Crippen LogP contribution < -0.4 is 5.32 Å². The molecule has 1 aliphatic rings. The molecule has 0 aromatic rings. The maximum Gasteiger partial charge on any atom is 0.326 e. The van der Waals surface area contributed by atoms with Crippen molar-refractivity contribution in [3.63, 3.8) is 0 Å². The second-order valence-corrected chi connectivity index (χ2v) is 6.23. The minimum Gasteiger partial charge on any atom is -0.354 e. The largest absolute Gasteiger partial charge is 0.354 e. The molecule has 0 aromatic carbocycles. The van der Waals surface area contributed by atoms with Crippen molar-refractivity contribution in [2.45, 2.75) is 52.5 Å². The molecule has 120 valence electrons. The van der Waals surface area contributed by atoms with Gasteiger partial charge in [0.25, 0.3) is 0 Å². The van der Waals surface area contributed by atoms with Gasteiger partial charge in [-0.15, -0.1) is 0 Å². The summed E-state index contributed by atoms with van der Waals surface area (Å²) in [5.41, 5.74) is 0. The highest BCUT2D eigenvalue weighted by Gasteiger charge is 2.32. The Hall–Kier alpha value is -1.59. The smallest absolute Gasteiger partial charge is 0.326 e. The minimum atomic E-state index is -0.272. The van der Waals surface area contributed by atoms with Crippen molar-refractivity contribution in [1.82, 2.24) is 15.1 Å². The summed E-state index contributed by atoms with van der Waals surface area (Å²) in [5.74, 6) is 0.431. The van der Waals surface area contributed by atoms with E-state index < -0.39 is 0 Å². The van der Waals surface area contributed by atoms with Crippen molar-refractivity contribution in [3.05, 3.63) is 0 Å². The quantitative estimate of drug-likeness (QED) is 0.692. The molecule has 1 rings (SSSR count). The Morgan fingerprint density at radius 2 is 1.90 bits per heavy atom. The van der Waals surface area contributed by atoms with Crippen molar-refractivity contribution >= 4 is 17.8 Å². The van der Waals surface area contributed by atoms with Gasteiger partial charge in [-0.3, -0.25) is 14.5 Å². The zero-order valence-corrected chi connectivity index (χ0v) is 13.5. The molecule has 4 amide bonds. The normalized spacial score (nSPS) is 16.8. The fraction of sp³-hybridized carbons (Fsp3) is 0.800. The molecule has 6 heteroatoms. The second-order valence-electron chi connectivity index (χ2n) is 6.23. The van der Waals surface area contributed by atoms with Gasteiger partial charge in [-0.2, -0.15) is 0 Å². The Bertz CT molecular complexity index is 396. The molecule has 1 fully saturated rings. The maximum atomic E-state index is 11.8. The van der Waals surface area contributed by atoms with Gasteiger partial charge in [0.05, 0.1) is 0 Å². The average Bonchev–Trinajstić information content (AvgIpc) is 2.62. The number of urea groups is 1. The highest BCUT2D eigenvalue weighted by molar-refractivity contribution is 6.01. The average molecular weight is 297 g/mol. The molecule has 1 unspecified atom stereocenters. The zero-order chi connectivity index (χ0) is 16.0. The minimum absolute atomic E-state index is 0.0151. The fourth-order valence-electron chi connectivity index (χ4n) is 2.29. The molecule has 0 bridgehead atoms. The van der Waals surface area contributed by atoms with Gasteiger partial charge in [-0.05, 0) is 32.1 Å².